The summed E-state index contributed by atoms with van der Waals surface area (Å²) in [5.41, 5.74) is 0.611. The van der Waals surface area contributed by atoms with E-state index in [1.165, 1.54) is 56.6 Å². The monoisotopic (exact) mass is 393 g/mol. The zero-order valence-corrected chi connectivity index (χ0v) is 15.3. The number of ether oxygens (including phenoxy) is 1. The van der Waals surface area contributed by atoms with Crippen molar-refractivity contribution in [3.8, 4) is 11.3 Å². The fraction of sp³-hybridized carbons (Fsp3) is 0.167. The first-order chi connectivity index (χ1) is 12.8. The number of nitrogens with zero attached hydrogens (tertiary/aromatic N) is 1. The lowest BCUT2D eigenvalue weighted by Crippen LogP contribution is -2.21. The molecule has 0 atom stereocenters. The normalized spacial score (nSPS) is 11.7. The van der Waals surface area contributed by atoms with Gasteiger partial charge in [-0.05, 0) is 48.5 Å². The number of carbonyl (C=O) groups is 1. The molecule has 0 aliphatic rings. The number of carbonyl (C=O) groups excluding carboxylic acids is 1. The zero-order chi connectivity index (χ0) is 19.6. The van der Waals surface area contributed by atoms with Gasteiger partial charge in [0.05, 0.1) is 0 Å². The first kappa shape index (κ1) is 18.9. The number of esters is 1. The van der Waals surface area contributed by atoms with E-state index in [1.54, 1.807) is 6.07 Å². The molecule has 2 heterocycles. The summed E-state index contributed by atoms with van der Waals surface area (Å²) >= 11 is 0. The molecule has 7 nitrogen and oxygen atoms in total. The highest BCUT2D eigenvalue weighted by atomic mass is 32.2. The second-order valence-corrected chi connectivity index (χ2v) is 7.84. The molecule has 0 bridgehead atoms. The Morgan fingerprint density at radius 1 is 1.04 bits per heavy atom. The highest BCUT2D eigenvalue weighted by molar-refractivity contribution is 7.88. The Balaban J connectivity index is 1.65. The van der Waals surface area contributed by atoms with Gasteiger partial charge in [-0.1, -0.05) is 0 Å². The van der Waals surface area contributed by atoms with Gasteiger partial charge in [-0.2, -0.15) is 0 Å². The molecule has 0 fully saturated rings. The third-order valence-corrected chi connectivity index (χ3v) is 5.34. The van der Waals surface area contributed by atoms with Gasteiger partial charge in [0.15, 0.2) is 0 Å². The Kier molecular flexibility index (Phi) is 5.15. The van der Waals surface area contributed by atoms with Gasteiger partial charge in [0.2, 0.25) is 10.9 Å². The minimum Gasteiger partial charge on any atom is -0.452 e. The SMILES string of the molecule is CN(C)S(=O)(=O)c1ccc(COC(=O)c2ccc(-c3ccc(F)cc3)o2)o1. The van der Waals surface area contributed by atoms with E-state index < -0.39 is 16.0 Å². The van der Waals surface area contributed by atoms with Gasteiger partial charge in [0.1, 0.15) is 23.9 Å². The third-order valence-electron chi connectivity index (χ3n) is 3.65. The van der Waals surface area contributed by atoms with Crippen LogP contribution >= 0.6 is 0 Å². The fourth-order valence-corrected chi connectivity index (χ4v) is 2.99. The summed E-state index contributed by atoms with van der Waals surface area (Å²) < 4.78 is 53.6. The van der Waals surface area contributed by atoms with E-state index in [4.69, 9.17) is 13.6 Å². The van der Waals surface area contributed by atoms with Crippen molar-refractivity contribution < 1.29 is 31.2 Å². The van der Waals surface area contributed by atoms with Crippen molar-refractivity contribution in [2.45, 2.75) is 11.7 Å². The van der Waals surface area contributed by atoms with Crippen LogP contribution in [0.5, 0.6) is 0 Å². The predicted octanol–water partition coefficient (Wildman–Crippen LogP) is 3.29. The van der Waals surface area contributed by atoms with Crippen LogP contribution in [-0.2, 0) is 21.4 Å². The van der Waals surface area contributed by atoms with Crippen molar-refractivity contribution in [2.75, 3.05) is 14.1 Å². The molecule has 142 valence electrons. The second kappa shape index (κ2) is 7.37. The van der Waals surface area contributed by atoms with Crippen molar-refractivity contribution >= 4 is 16.0 Å². The molecule has 9 heteroatoms. The lowest BCUT2D eigenvalue weighted by Gasteiger charge is -2.07. The molecule has 3 rings (SSSR count). The second-order valence-electron chi connectivity index (χ2n) is 5.76. The van der Waals surface area contributed by atoms with E-state index in [1.807, 2.05) is 0 Å². The van der Waals surface area contributed by atoms with E-state index in [-0.39, 0.29) is 29.0 Å². The zero-order valence-electron chi connectivity index (χ0n) is 14.5. The first-order valence-corrected chi connectivity index (χ1v) is 9.25. The minimum atomic E-state index is -3.70. The average Bonchev–Trinajstić information content (AvgIpc) is 3.30. The number of hydrogen-bond donors (Lipinski definition) is 0. The number of hydrogen-bond acceptors (Lipinski definition) is 6. The summed E-state index contributed by atoms with van der Waals surface area (Å²) in [7, 11) is -0.932. The molecule has 0 N–H and O–H groups in total. The quantitative estimate of drug-likeness (QED) is 0.597. The van der Waals surface area contributed by atoms with E-state index in [9.17, 15) is 17.6 Å². The molecular weight excluding hydrogens is 377 g/mol. The number of sulfonamides is 1. The summed E-state index contributed by atoms with van der Waals surface area (Å²) in [5.74, 6) is -0.591. The van der Waals surface area contributed by atoms with E-state index in [0.29, 0.717) is 11.3 Å². The van der Waals surface area contributed by atoms with Crippen LogP contribution in [0.15, 0.2) is 62.5 Å². The van der Waals surface area contributed by atoms with Crippen LogP contribution < -0.4 is 0 Å². The van der Waals surface area contributed by atoms with Crippen LogP contribution in [0.4, 0.5) is 4.39 Å². The Hall–Kier alpha value is -2.91. The van der Waals surface area contributed by atoms with Gasteiger partial charge < -0.3 is 13.6 Å². The minimum absolute atomic E-state index is 0.0398. The highest BCUT2D eigenvalue weighted by Gasteiger charge is 2.22. The summed E-state index contributed by atoms with van der Waals surface area (Å²) in [4.78, 5) is 12.1. The maximum absolute atomic E-state index is 13.0. The standard InChI is InChI=1S/C18H16FNO6S/c1-20(2)27(22,23)17-10-7-14(25-17)11-24-18(21)16-9-8-15(26-16)12-3-5-13(19)6-4-12/h3-10H,11H2,1-2H3. The van der Waals surface area contributed by atoms with Crippen molar-refractivity contribution in [3.63, 3.8) is 0 Å². The third kappa shape index (κ3) is 4.09. The smallest absolute Gasteiger partial charge is 0.374 e. The molecule has 3 aromatic rings. The molecular formula is C18H16FNO6S. The van der Waals surface area contributed by atoms with Crippen LogP contribution in [-0.4, -0.2) is 32.8 Å². The molecule has 0 saturated carbocycles. The van der Waals surface area contributed by atoms with Crippen LogP contribution in [0.1, 0.15) is 16.3 Å². The van der Waals surface area contributed by atoms with Crippen LogP contribution in [0.2, 0.25) is 0 Å². The molecule has 0 radical (unpaired) electrons. The van der Waals surface area contributed by atoms with E-state index >= 15 is 0 Å². The summed E-state index contributed by atoms with van der Waals surface area (Å²) in [6, 6.07) is 11.3. The molecule has 0 spiro atoms. The largest absolute Gasteiger partial charge is 0.452 e. The van der Waals surface area contributed by atoms with Gasteiger partial charge in [-0.15, -0.1) is 0 Å². The van der Waals surface area contributed by atoms with E-state index in [2.05, 4.69) is 0 Å². The van der Waals surface area contributed by atoms with Crippen molar-refractivity contribution in [1.82, 2.24) is 4.31 Å². The lowest BCUT2D eigenvalue weighted by atomic mass is 10.2. The Bertz CT molecular complexity index is 1050. The molecule has 0 unspecified atom stereocenters. The fourth-order valence-electron chi connectivity index (χ4n) is 2.18. The van der Waals surface area contributed by atoms with Gasteiger partial charge in [-0.3, -0.25) is 0 Å². The van der Waals surface area contributed by atoms with Gasteiger partial charge in [0.25, 0.3) is 10.0 Å². The number of furan rings is 2. The highest BCUT2D eigenvalue weighted by Crippen LogP contribution is 2.23. The molecule has 1 aromatic carbocycles. The Morgan fingerprint density at radius 2 is 1.74 bits per heavy atom. The maximum Gasteiger partial charge on any atom is 0.374 e. The van der Waals surface area contributed by atoms with Gasteiger partial charge in [-0.25, -0.2) is 21.9 Å². The molecule has 2 aromatic heterocycles. The Morgan fingerprint density at radius 3 is 2.41 bits per heavy atom. The average molecular weight is 393 g/mol. The number of rotatable bonds is 6. The summed E-state index contributed by atoms with van der Waals surface area (Å²) in [5, 5.41) is -0.241. The molecule has 0 aliphatic heterocycles. The van der Waals surface area contributed by atoms with Gasteiger partial charge in [0, 0.05) is 19.7 Å². The summed E-state index contributed by atoms with van der Waals surface area (Å²) in [6.07, 6.45) is 0. The topological polar surface area (TPSA) is 90.0 Å². The predicted molar refractivity (Wildman–Crippen MR) is 92.8 cm³/mol. The van der Waals surface area contributed by atoms with Crippen molar-refractivity contribution in [1.29, 1.82) is 0 Å². The molecule has 27 heavy (non-hydrogen) atoms. The van der Waals surface area contributed by atoms with Crippen molar-refractivity contribution in [2.24, 2.45) is 0 Å². The first-order valence-electron chi connectivity index (χ1n) is 7.81. The van der Waals surface area contributed by atoms with E-state index in [0.717, 1.165) is 4.31 Å². The number of benzene rings is 1. The molecule has 0 amide bonds. The van der Waals surface area contributed by atoms with Crippen LogP contribution in [0.25, 0.3) is 11.3 Å². The van der Waals surface area contributed by atoms with Crippen LogP contribution in [0.3, 0.4) is 0 Å². The van der Waals surface area contributed by atoms with Gasteiger partial charge >= 0.3 is 5.97 Å². The number of halogens is 1. The van der Waals surface area contributed by atoms with Crippen LogP contribution in [0, 0.1) is 5.82 Å². The maximum atomic E-state index is 13.0. The molecule has 0 aliphatic carbocycles. The van der Waals surface area contributed by atoms with Crippen molar-refractivity contribution in [3.05, 3.63) is 65.9 Å². The lowest BCUT2D eigenvalue weighted by molar-refractivity contribution is 0.0405. The summed E-state index contributed by atoms with van der Waals surface area (Å²) in [6.45, 7) is -0.256. The Labute approximate surface area is 155 Å². The molecule has 0 saturated heterocycles.